The molecule has 2 aliphatic rings. The van der Waals surface area contributed by atoms with E-state index in [1.165, 1.54) is 9.80 Å². The third-order valence-electron chi connectivity index (χ3n) is 5.51. The number of nitrogens with zero attached hydrogens (tertiary/aromatic N) is 1. The van der Waals surface area contributed by atoms with Crippen LogP contribution in [0.1, 0.15) is 12.5 Å². The molecule has 0 bridgehead atoms. The number of morpholine rings is 1. The molecule has 0 saturated carbocycles. The van der Waals surface area contributed by atoms with Crippen LogP contribution in [0.3, 0.4) is 0 Å². The summed E-state index contributed by atoms with van der Waals surface area (Å²) >= 11 is 0. The van der Waals surface area contributed by atoms with Crippen molar-refractivity contribution in [3.05, 3.63) is 29.8 Å². The van der Waals surface area contributed by atoms with Crippen LogP contribution < -0.4 is 15.1 Å². The molecule has 1 aromatic rings. The number of ether oxygens (including phenoxy) is 1. The molecule has 7 heteroatoms. The molecule has 3 N–H and O–H groups in total. The Morgan fingerprint density at radius 3 is 2.33 bits per heavy atom. The highest BCUT2D eigenvalue weighted by molar-refractivity contribution is 5.92. The van der Waals surface area contributed by atoms with Gasteiger partial charge in [-0.15, -0.1) is 0 Å². The summed E-state index contributed by atoms with van der Waals surface area (Å²) < 4.78 is 5.31. The Bertz CT molecular complexity index is 638. The average Bonchev–Trinajstić information content (AvgIpc) is 2.70. The van der Waals surface area contributed by atoms with Gasteiger partial charge in [0.2, 0.25) is 0 Å². The topological polar surface area (TPSA) is 67.5 Å². The number of amides is 2. The van der Waals surface area contributed by atoms with Crippen molar-refractivity contribution in [2.75, 3.05) is 70.9 Å². The Hall–Kier alpha value is -1.96. The second-order valence-corrected chi connectivity index (χ2v) is 7.41. The Morgan fingerprint density at radius 1 is 1.04 bits per heavy atom. The molecule has 2 saturated heterocycles. The van der Waals surface area contributed by atoms with Crippen molar-refractivity contribution in [1.29, 1.82) is 0 Å². The third-order valence-corrected chi connectivity index (χ3v) is 5.51. The Kier molecular flexibility index (Phi) is 7.20. The fourth-order valence-corrected chi connectivity index (χ4v) is 3.82. The second-order valence-electron chi connectivity index (χ2n) is 7.41. The summed E-state index contributed by atoms with van der Waals surface area (Å²) in [5.41, 5.74) is 2.08. The maximum atomic E-state index is 12.4. The lowest BCUT2D eigenvalue weighted by Crippen LogP contribution is -3.28. The second kappa shape index (κ2) is 9.82. The monoisotopic (exact) mass is 376 g/mol. The number of anilines is 1. The molecule has 0 spiro atoms. The van der Waals surface area contributed by atoms with Crippen LogP contribution in [-0.2, 0) is 20.7 Å². The van der Waals surface area contributed by atoms with E-state index >= 15 is 0 Å². The van der Waals surface area contributed by atoms with Gasteiger partial charge in [0.1, 0.15) is 26.2 Å². The van der Waals surface area contributed by atoms with E-state index in [1.54, 1.807) is 0 Å². The van der Waals surface area contributed by atoms with Crippen LogP contribution >= 0.6 is 0 Å². The fourth-order valence-electron chi connectivity index (χ4n) is 3.82. The highest BCUT2D eigenvalue weighted by Crippen LogP contribution is 2.14. The molecule has 148 valence electrons. The lowest BCUT2D eigenvalue weighted by Gasteiger charge is -2.31. The first kappa shape index (κ1) is 19.8. The number of aryl methyl sites for hydroxylation is 1. The highest BCUT2D eigenvalue weighted by atomic mass is 16.5. The summed E-state index contributed by atoms with van der Waals surface area (Å²) in [6, 6.07) is 7.97. The maximum Gasteiger partial charge on any atom is 0.279 e. The lowest BCUT2D eigenvalue weighted by molar-refractivity contribution is -1.00. The first-order valence-corrected chi connectivity index (χ1v) is 10.1. The molecule has 0 atom stereocenters. The van der Waals surface area contributed by atoms with Crippen LogP contribution in [0.5, 0.6) is 0 Å². The fraction of sp³-hybridized carbons (Fsp3) is 0.600. The summed E-state index contributed by atoms with van der Waals surface area (Å²) in [6.45, 7) is 9.58. The molecule has 27 heavy (non-hydrogen) atoms. The van der Waals surface area contributed by atoms with Crippen molar-refractivity contribution in [2.24, 2.45) is 0 Å². The highest BCUT2D eigenvalue weighted by Gasteiger charge is 2.28. The molecule has 2 aliphatic heterocycles. The van der Waals surface area contributed by atoms with E-state index in [4.69, 9.17) is 4.74 Å². The van der Waals surface area contributed by atoms with Gasteiger partial charge in [-0.25, -0.2) is 0 Å². The molecule has 2 amide bonds. The van der Waals surface area contributed by atoms with Gasteiger partial charge in [-0.2, -0.15) is 0 Å². The minimum absolute atomic E-state index is 0.0683. The van der Waals surface area contributed by atoms with E-state index in [0.29, 0.717) is 39.4 Å². The van der Waals surface area contributed by atoms with Crippen LogP contribution in [0.4, 0.5) is 5.69 Å². The third kappa shape index (κ3) is 5.76. The standard InChI is InChI=1S/C20H30N4O3/c1-2-17-5-3-4-6-18(17)21-19(25)15-22-7-9-23(10-8-22)16-20(26)24-11-13-27-14-12-24/h3-6H,2,7-16H2,1H3,(H,21,25)/p+2. The summed E-state index contributed by atoms with van der Waals surface area (Å²) in [6.07, 6.45) is 0.905. The largest absolute Gasteiger partial charge is 0.378 e. The zero-order valence-electron chi connectivity index (χ0n) is 16.3. The number of para-hydroxylation sites is 1. The summed E-state index contributed by atoms with van der Waals surface area (Å²) in [7, 11) is 0. The number of rotatable bonds is 6. The first-order valence-electron chi connectivity index (χ1n) is 10.1. The number of quaternary nitrogens is 2. The molecular formula is C20H32N4O3+2. The van der Waals surface area contributed by atoms with Crippen LogP contribution in [-0.4, -0.2) is 82.3 Å². The molecule has 0 unspecified atom stereocenters. The zero-order valence-corrected chi connectivity index (χ0v) is 16.3. The van der Waals surface area contributed by atoms with Gasteiger partial charge in [-0.3, -0.25) is 9.59 Å². The smallest absolute Gasteiger partial charge is 0.279 e. The van der Waals surface area contributed by atoms with Gasteiger partial charge in [0, 0.05) is 18.8 Å². The van der Waals surface area contributed by atoms with Gasteiger partial charge in [0.25, 0.3) is 11.8 Å². The average molecular weight is 377 g/mol. The number of carbonyl (C=O) groups is 2. The maximum absolute atomic E-state index is 12.4. The molecule has 2 heterocycles. The van der Waals surface area contributed by atoms with Crippen molar-refractivity contribution < 1.29 is 24.1 Å². The first-order chi connectivity index (χ1) is 13.2. The molecule has 0 radical (unpaired) electrons. The van der Waals surface area contributed by atoms with Gasteiger partial charge in [0.15, 0.2) is 13.1 Å². The van der Waals surface area contributed by atoms with E-state index in [0.717, 1.165) is 43.9 Å². The van der Waals surface area contributed by atoms with Crippen LogP contribution in [0.2, 0.25) is 0 Å². The number of carbonyl (C=O) groups excluding carboxylic acids is 2. The van der Waals surface area contributed by atoms with Crippen molar-refractivity contribution >= 4 is 17.5 Å². The van der Waals surface area contributed by atoms with Gasteiger partial charge in [-0.05, 0) is 18.1 Å². The zero-order chi connectivity index (χ0) is 19.1. The molecule has 3 rings (SSSR count). The minimum Gasteiger partial charge on any atom is -0.378 e. The Morgan fingerprint density at radius 2 is 1.67 bits per heavy atom. The predicted octanol–water partition coefficient (Wildman–Crippen LogP) is -2.17. The predicted molar refractivity (Wildman–Crippen MR) is 103 cm³/mol. The van der Waals surface area contributed by atoms with E-state index < -0.39 is 0 Å². The minimum atomic E-state index is 0.0683. The molecule has 1 aromatic carbocycles. The van der Waals surface area contributed by atoms with Crippen LogP contribution in [0.15, 0.2) is 24.3 Å². The lowest BCUT2D eigenvalue weighted by atomic mass is 10.1. The van der Waals surface area contributed by atoms with Crippen molar-refractivity contribution in [2.45, 2.75) is 13.3 Å². The van der Waals surface area contributed by atoms with E-state index in [1.807, 2.05) is 23.1 Å². The normalized spacial score (nSPS) is 23.1. The van der Waals surface area contributed by atoms with Gasteiger partial charge < -0.3 is 24.8 Å². The number of hydrogen-bond acceptors (Lipinski definition) is 3. The van der Waals surface area contributed by atoms with Crippen molar-refractivity contribution in [3.8, 4) is 0 Å². The van der Waals surface area contributed by atoms with Crippen LogP contribution in [0, 0.1) is 0 Å². The van der Waals surface area contributed by atoms with E-state index in [2.05, 4.69) is 18.3 Å². The summed E-state index contributed by atoms with van der Waals surface area (Å²) in [5.74, 6) is 0.296. The summed E-state index contributed by atoms with van der Waals surface area (Å²) in [5, 5.41) is 3.06. The molecule has 2 fully saturated rings. The summed E-state index contributed by atoms with van der Waals surface area (Å²) in [4.78, 5) is 29.3. The SMILES string of the molecule is CCc1ccccc1NC(=O)C[NH+]1CC[NH+](CC(=O)N2CCOCC2)CC1. The van der Waals surface area contributed by atoms with Gasteiger partial charge in [-0.1, -0.05) is 25.1 Å². The van der Waals surface area contributed by atoms with Gasteiger partial charge >= 0.3 is 0 Å². The van der Waals surface area contributed by atoms with E-state index in [9.17, 15) is 9.59 Å². The quantitative estimate of drug-likeness (QED) is 0.529. The number of hydrogen-bond donors (Lipinski definition) is 3. The van der Waals surface area contributed by atoms with Crippen molar-refractivity contribution in [3.63, 3.8) is 0 Å². The molecule has 7 nitrogen and oxygen atoms in total. The molecular weight excluding hydrogens is 344 g/mol. The molecule has 0 aliphatic carbocycles. The number of piperazine rings is 1. The van der Waals surface area contributed by atoms with Crippen LogP contribution in [0.25, 0.3) is 0 Å². The van der Waals surface area contributed by atoms with Gasteiger partial charge in [0.05, 0.1) is 13.2 Å². The number of benzene rings is 1. The van der Waals surface area contributed by atoms with Crippen molar-refractivity contribution in [1.82, 2.24) is 4.90 Å². The number of nitrogens with one attached hydrogen (secondary N) is 3. The molecule has 0 aromatic heterocycles. The van der Waals surface area contributed by atoms with E-state index in [-0.39, 0.29) is 11.8 Å². The Balaban J connectivity index is 1.40. The Labute approximate surface area is 161 Å².